The summed E-state index contributed by atoms with van der Waals surface area (Å²) in [6.45, 7) is 3.83. The maximum Gasteiger partial charge on any atom is 0.326 e. The zero-order chi connectivity index (χ0) is 30.8. The predicted molar refractivity (Wildman–Crippen MR) is 160 cm³/mol. The molecule has 2 fully saturated rings. The Morgan fingerprint density at radius 2 is 1.36 bits per heavy atom. The molecule has 3 amide bonds. The van der Waals surface area contributed by atoms with E-state index in [0.717, 1.165) is 69.8 Å². The molecule has 1 aromatic carbocycles. The van der Waals surface area contributed by atoms with Crippen molar-refractivity contribution in [3.8, 4) is 5.75 Å². The molecule has 0 spiro atoms. The highest BCUT2D eigenvalue weighted by Crippen LogP contribution is 2.30. The molecular formula is C32H50N4O6. The highest BCUT2D eigenvalue weighted by Gasteiger charge is 2.40. The second-order valence-corrected chi connectivity index (χ2v) is 12.7. The molecular weight excluding hydrogens is 536 g/mol. The number of phenols is 1. The highest BCUT2D eigenvalue weighted by molar-refractivity contribution is 5.94. The van der Waals surface area contributed by atoms with E-state index in [4.69, 9.17) is 5.73 Å². The van der Waals surface area contributed by atoms with Crippen molar-refractivity contribution in [3.05, 3.63) is 29.8 Å². The summed E-state index contributed by atoms with van der Waals surface area (Å²) < 4.78 is 0. The number of likely N-dealkylation sites (N-methyl/N-ethyl adjacent to an activating group) is 1. The Hall–Kier alpha value is -3.14. The van der Waals surface area contributed by atoms with Gasteiger partial charge in [0, 0.05) is 7.05 Å². The standard InChI is InChI=1S/C32H50N4O6/c1-20(2)18-26(32(41)42)36(3)31(40)28(23-12-8-5-9-13-23)35-30(39)27(22-10-6-4-7-11-22)34-29(38)25(33)19-21-14-16-24(37)17-15-21/h14-17,20,22-23,25-28,37H,4-13,18-19,33H2,1-3H3,(H,34,38)(H,35,39)(H,41,42)/t25-,26-,27-,28-/m1/s1. The molecule has 6 N–H and O–H groups in total. The van der Waals surface area contributed by atoms with Gasteiger partial charge in [-0.25, -0.2) is 4.79 Å². The molecule has 0 saturated heterocycles. The minimum absolute atomic E-state index is 0.0701. The normalized spacial score (nSPS) is 19.4. The fourth-order valence-corrected chi connectivity index (χ4v) is 6.44. The summed E-state index contributed by atoms with van der Waals surface area (Å²) >= 11 is 0. The molecule has 0 unspecified atom stereocenters. The largest absolute Gasteiger partial charge is 0.508 e. The number of benzene rings is 1. The van der Waals surface area contributed by atoms with Crippen LogP contribution in [0.1, 0.15) is 90.0 Å². The fourth-order valence-electron chi connectivity index (χ4n) is 6.44. The van der Waals surface area contributed by atoms with Crippen LogP contribution in [0.25, 0.3) is 0 Å². The molecule has 234 valence electrons. The first-order valence-electron chi connectivity index (χ1n) is 15.6. The number of phenolic OH excluding ortho intramolecular Hbond substituents is 1. The van der Waals surface area contributed by atoms with E-state index in [1.54, 1.807) is 12.1 Å². The van der Waals surface area contributed by atoms with E-state index >= 15 is 0 Å². The van der Waals surface area contributed by atoms with Crippen LogP contribution in [0.15, 0.2) is 24.3 Å². The number of carboxylic acid groups (broad SMARTS) is 1. The minimum atomic E-state index is -1.07. The van der Waals surface area contributed by atoms with Crippen LogP contribution in [0.2, 0.25) is 0 Å². The van der Waals surface area contributed by atoms with Crippen LogP contribution in [-0.2, 0) is 25.6 Å². The van der Waals surface area contributed by atoms with Crippen molar-refractivity contribution in [3.63, 3.8) is 0 Å². The van der Waals surface area contributed by atoms with Crippen molar-refractivity contribution < 1.29 is 29.4 Å². The molecule has 2 aliphatic rings. The van der Waals surface area contributed by atoms with Crippen LogP contribution in [0.5, 0.6) is 5.75 Å². The zero-order valence-electron chi connectivity index (χ0n) is 25.4. The molecule has 3 rings (SSSR count). The molecule has 0 bridgehead atoms. The number of nitrogens with zero attached hydrogens (tertiary/aromatic N) is 1. The molecule has 1 aromatic rings. The number of aromatic hydroxyl groups is 1. The van der Waals surface area contributed by atoms with Crippen LogP contribution < -0.4 is 16.4 Å². The lowest BCUT2D eigenvalue weighted by Crippen LogP contribution is -2.61. The first-order valence-corrected chi connectivity index (χ1v) is 15.6. The SMILES string of the molecule is CC(C)C[C@H](C(=O)O)N(C)C(=O)[C@H](NC(=O)[C@H](NC(=O)[C@H](N)Cc1ccc(O)cc1)C1CCCCC1)C1CCCCC1. The third-order valence-electron chi connectivity index (χ3n) is 8.91. The fraction of sp³-hybridized carbons (Fsp3) is 0.688. The first kappa shape index (κ1) is 33.4. The van der Waals surface area contributed by atoms with Gasteiger partial charge in [-0.2, -0.15) is 0 Å². The second-order valence-electron chi connectivity index (χ2n) is 12.7. The van der Waals surface area contributed by atoms with E-state index in [0.29, 0.717) is 6.42 Å². The van der Waals surface area contributed by atoms with E-state index in [1.165, 1.54) is 24.1 Å². The van der Waals surface area contributed by atoms with Gasteiger partial charge < -0.3 is 31.5 Å². The number of nitrogens with one attached hydrogen (secondary N) is 2. The smallest absolute Gasteiger partial charge is 0.326 e. The summed E-state index contributed by atoms with van der Waals surface area (Å²) in [5.41, 5.74) is 7.04. The van der Waals surface area contributed by atoms with Crippen LogP contribution in [-0.4, -0.2) is 70.0 Å². The summed E-state index contributed by atoms with van der Waals surface area (Å²) in [7, 11) is 1.51. The third-order valence-corrected chi connectivity index (χ3v) is 8.91. The summed E-state index contributed by atoms with van der Waals surface area (Å²) in [5.74, 6) is -2.33. The number of hydrogen-bond donors (Lipinski definition) is 5. The van der Waals surface area contributed by atoms with Gasteiger partial charge in [0.15, 0.2) is 0 Å². The average Bonchev–Trinajstić information content (AvgIpc) is 2.98. The zero-order valence-corrected chi connectivity index (χ0v) is 25.4. The Bertz CT molecular complexity index is 1050. The Balaban J connectivity index is 1.81. The summed E-state index contributed by atoms with van der Waals surface area (Å²) in [4.78, 5) is 54.5. The Morgan fingerprint density at radius 1 is 0.857 bits per heavy atom. The van der Waals surface area contributed by atoms with Crippen LogP contribution in [0, 0.1) is 17.8 Å². The van der Waals surface area contributed by atoms with Gasteiger partial charge in [-0.1, -0.05) is 64.5 Å². The molecule has 0 heterocycles. The van der Waals surface area contributed by atoms with E-state index in [1.807, 2.05) is 13.8 Å². The Kier molecular flexibility index (Phi) is 12.6. The quantitative estimate of drug-likeness (QED) is 0.237. The van der Waals surface area contributed by atoms with Crippen molar-refractivity contribution in [2.24, 2.45) is 23.5 Å². The third kappa shape index (κ3) is 9.44. The van der Waals surface area contributed by atoms with Gasteiger partial charge in [0.2, 0.25) is 17.7 Å². The molecule has 10 heteroatoms. The van der Waals surface area contributed by atoms with Crippen LogP contribution in [0.4, 0.5) is 0 Å². The number of amides is 3. The molecule has 10 nitrogen and oxygen atoms in total. The van der Waals surface area contributed by atoms with Crippen molar-refractivity contribution in [1.82, 2.24) is 15.5 Å². The lowest BCUT2D eigenvalue weighted by Gasteiger charge is -2.37. The Labute approximate surface area is 249 Å². The molecule has 0 aliphatic heterocycles. The van der Waals surface area contributed by atoms with Crippen molar-refractivity contribution in [2.75, 3.05) is 7.05 Å². The van der Waals surface area contributed by atoms with Crippen molar-refractivity contribution >= 4 is 23.7 Å². The second kappa shape index (κ2) is 15.9. The molecule has 42 heavy (non-hydrogen) atoms. The number of carbonyl (C=O) groups is 4. The van der Waals surface area contributed by atoms with Gasteiger partial charge >= 0.3 is 5.97 Å². The van der Waals surface area contributed by atoms with E-state index < -0.39 is 47.9 Å². The van der Waals surface area contributed by atoms with Gasteiger partial charge in [0.25, 0.3) is 0 Å². The number of hydrogen-bond acceptors (Lipinski definition) is 6. The lowest BCUT2D eigenvalue weighted by molar-refractivity contribution is -0.152. The molecule has 2 saturated carbocycles. The molecule has 0 aromatic heterocycles. The first-order chi connectivity index (χ1) is 20.0. The summed E-state index contributed by atoms with van der Waals surface area (Å²) in [6, 6.07) is 2.86. The molecule has 0 radical (unpaired) electrons. The maximum absolute atomic E-state index is 14.0. The predicted octanol–water partition coefficient (Wildman–Crippen LogP) is 3.35. The highest BCUT2D eigenvalue weighted by atomic mass is 16.4. The summed E-state index contributed by atoms with van der Waals surface area (Å²) in [5, 5.41) is 25.4. The van der Waals surface area contributed by atoms with E-state index in [2.05, 4.69) is 10.6 Å². The number of carboxylic acids is 1. The number of carbonyl (C=O) groups excluding carboxylic acids is 3. The van der Waals surface area contributed by atoms with E-state index in [9.17, 15) is 29.4 Å². The van der Waals surface area contributed by atoms with Crippen molar-refractivity contribution in [1.29, 1.82) is 0 Å². The maximum atomic E-state index is 14.0. The number of nitrogens with two attached hydrogens (primary N) is 1. The topological polar surface area (TPSA) is 162 Å². The van der Waals surface area contributed by atoms with Crippen LogP contribution >= 0.6 is 0 Å². The van der Waals surface area contributed by atoms with Gasteiger partial charge in [-0.05, 0) is 74.0 Å². The minimum Gasteiger partial charge on any atom is -0.508 e. The molecule has 2 aliphatic carbocycles. The monoisotopic (exact) mass is 586 g/mol. The van der Waals surface area contributed by atoms with Gasteiger partial charge in [-0.3, -0.25) is 14.4 Å². The van der Waals surface area contributed by atoms with Gasteiger partial charge in [-0.15, -0.1) is 0 Å². The van der Waals surface area contributed by atoms with Gasteiger partial charge in [0.1, 0.15) is 23.9 Å². The summed E-state index contributed by atoms with van der Waals surface area (Å²) in [6.07, 6.45) is 9.56. The number of aliphatic carboxylic acids is 1. The molecule has 4 atom stereocenters. The number of rotatable bonds is 13. The van der Waals surface area contributed by atoms with Crippen molar-refractivity contribution in [2.45, 2.75) is 115 Å². The average molecular weight is 587 g/mol. The Morgan fingerprint density at radius 3 is 1.86 bits per heavy atom. The van der Waals surface area contributed by atoms with Crippen LogP contribution in [0.3, 0.4) is 0 Å². The lowest BCUT2D eigenvalue weighted by atomic mass is 9.81. The van der Waals surface area contributed by atoms with E-state index in [-0.39, 0.29) is 29.9 Å². The van der Waals surface area contributed by atoms with Gasteiger partial charge in [0.05, 0.1) is 6.04 Å².